The first-order valence-electron chi connectivity index (χ1n) is 7.12. The van der Waals surface area contributed by atoms with E-state index in [1.54, 1.807) is 0 Å². The highest BCUT2D eigenvalue weighted by Crippen LogP contribution is 2.37. The normalized spacial score (nSPS) is 21.7. The van der Waals surface area contributed by atoms with Gasteiger partial charge in [-0.2, -0.15) is 0 Å². The molecule has 17 heavy (non-hydrogen) atoms. The largest absolute Gasteiger partial charge is 0.355 e. The molecular formula is C14H23N3. The Kier molecular flexibility index (Phi) is 3.08. The molecule has 2 aliphatic rings. The van der Waals surface area contributed by atoms with Crippen molar-refractivity contribution in [2.75, 3.05) is 11.9 Å². The van der Waals surface area contributed by atoms with Gasteiger partial charge in [-0.3, -0.25) is 0 Å². The number of aryl methyl sites for hydroxylation is 1. The molecule has 94 valence electrons. The molecule has 3 heteroatoms. The van der Waals surface area contributed by atoms with Crippen LogP contribution in [0.15, 0.2) is 6.20 Å². The first-order valence-corrected chi connectivity index (χ1v) is 7.12. The van der Waals surface area contributed by atoms with E-state index in [-0.39, 0.29) is 0 Å². The van der Waals surface area contributed by atoms with E-state index in [0.717, 1.165) is 30.1 Å². The minimum absolute atomic E-state index is 0.727. The molecule has 0 amide bonds. The van der Waals surface area contributed by atoms with Crippen molar-refractivity contribution >= 4 is 5.95 Å². The van der Waals surface area contributed by atoms with Crippen molar-refractivity contribution in [2.24, 2.45) is 5.92 Å². The molecular weight excluding hydrogens is 210 g/mol. The lowest BCUT2D eigenvalue weighted by Crippen LogP contribution is -2.19. The molecule has 0 unspecified atom stereocenters. The van der Waals surface area contributed by atoms with Gasteiger partial charge in [0.25, 0.3) is 0 Å². The summed E-state index contributed by atoms with van der Waals surface area (Å²) in [5, 5.41) is 3.58. The lowest BCUT2D eigenvalue weighted by Gasteiger charge is -2.22. The third kappa shape index (κ3) is 2.64. The second-order valence-corrected chi connectivity index (χ2v) is 5.73. The van der Waals surface area contributed by atoms with E-state index in [2.05, 4.69) is 28.0 Å². The minimum Gasteiger partial charge on any atom is -0.355 e. The first kappa shape index (κ1) is 11.1. The van der Waals surface area contributed by atoms with Crippen molar-refractivity contribution < 1.29 is 0 Å². The van der Waals surface area contributed by atoms with Crippen LogP contribution >= 0.6 is 0 Å². The maximum atomic E-state index is 4.61. The fourth-order valence-electron chi connectivity index (χ4n) is 2.90. The number of hydrogen-bond acceptors (Lipinski definition) is 2. The van der Waals surface area contributed by atoms with Gasteiger partial charge in [-0.15, -0.1) is 0 Å². The number of anilines is 1. The molecule has 2 saturated carbocycles. The summed E-state index contributed by atoms with van der Waals surface area (Å²) in [5.74, 6) is 1.98. The first-order chi connectivity index (χ1) is 8.33. The Morgan fingerprint density at radius 2 is 2.00 bits per heavy atom. The van der Waals surface area contributed by atoms with Crippen LogP contribution < -0.4 is 5.32 Å². The maximum absolute atomic E-state index is 4.61. The number of rotatable bonds is 4. The molecule has 0 saturated heterocycles. The molecule has 3 rings (SSSR count). The highest BCUT2D eigenvalue weighted by molar-refractivity contribution is 5.30. The zero-order valence-electron chi connectivity index (χ0n) is 10.8. The van der Waals surface area contributed by atoms with Crippen molar-refractivity contribution in [3.05, 3.63) is 11.9 Å². The standard InChI is InChI=1S/C14H23N3/c1-11-10-17(13-7-8-13)14(16-11)15-9-12-5-3-2-4-6-12/h10,12-13H,2-9H2,1H3,(H,15,16). The number of nitrogens with one attached hydrogen (secondary N) is 1. The number of hydrogen-bond donors (Lipinski definition) is 1. The molecule has 1 N–H and O–H groups in total. The molecule has 1 heterocycles. The van der Waals surface area contributed by atoms with Gasteiger partial charge in [-0.05, 0) is 38.5 Å². The molecule has 3 nitrogen and oxygen atoms in total. The predicted octanol–water partition coefficient (Wildman–Crippen LogP) is 3.52. The molecule has 2 fully saturated rings. The average Bonchev–Trinajstić information content (AvgIpc) is 3.12. The number of imidazole rings is 1. The topological polar surface area (TPSA) is 29.9 Å². The van der Waals surface area contributed by atoms with Gasteiger partial charge in [0.1, 0.15) is 0 Å². The highest BCUT2D eigenvalue weighted by Gasteiger charge is 2.26. The van der Waals surface area contributed by atoms with E-state index in [0.29, 0.717) is 0 Å². The third-order valence-corrected chi connectivity index (χ3v) is 4.07. The SMILES string of the molecule is Cc1cn(C2CC2)c(NCC2CCCCC2)n1. The summed E-state index contributed by atoms with van der Waals surface area (Å²) < 4.78 is 2.35. The summed E-state index contributed by atoms with van der Waals surface area (Å²) in [4.78, 5) is 4.61. The molecule has 2 aliphatic carbocycles. The summed E-state index contributed by atoms with van der Waals surface area (Å²) in [5.41, 5.74) is 1.14. The summed E-state index contributed by atoms with van der Waals surface area (Å²) in [6.45, 7) is 3.20. The Hall–Kier alpha value is -0.990. The van der Waals surface area contributed by atoms with Gasteiger partial charge in [-0.25, -0.2) is 4.98 Å². The van der Waals surface area contributed by atoms with Crippen LogP contribution in [-0.4, -0.2) is 16.1 Å². The van der Waals surface area contributed by atoms with Crippen LogP contribution in [0, 0.1) is 12.8 Å². The zero-order valence-corrected chi connectivity index (χ0v) is 10.8. The zero-order chi connectivity index (χ0) is 11.7. The van der Waals surface area contributed by atoms with Gasteiger partial charge in [0.15, 0.2) is 0 Å². The molecule has 0 spiro atoms. The number of nitrogens with zero attached hydrogens (tertiary/aromatic N) is 2. The van der Waals surface area contributed by atoms with Crippen molar-refractivity contribution in [2.45, 2.75) is 57.9 Å². The maximum Gasteiger partial charge on any atom is 0.203 e. The monoisotopic (exact) mass is 233 g/mol. The summed E-state index contributed by atoms with van der Waals surface area (Å²) >= 11 is 0. The third-order valence-electron chi connectivity index (χ3n) is 4.07. The Labute approximate surface area is 104 Å². The Morgan fingerprint density at radius 3 is 2.71 bits per heavy atom. The van der Waals surface area contributed by atoms with Gasteiger partial charge in [0, 0.05) is 18.8 Å². The number of aromatic nitrogens is 2. The van der Waals surface area contributed by atoms with Crippen LogP contribution in [0.5, 0.6) is 0 Å². The Morgan fingerprint density at radius 1 is 1.24 bits per heavy atom. The van der Waals surface area contributed by atoms with Crippen molar-refractivity contribution in [1.29, 1.82) is 0 Å². The van der Waals surface area contributed by atoms with Gasteiger partial charge in [0.05, 0.1) is 5.69 Å². The highest BCUT2D eigenvalue weighted by atomic mass is 15.2. The molecule has 1 aromatic heterocycles. The summed E-state index contributed by atoms with van der Waals surface area (Å²) in [6.07, 6.45) is 11.9. The molecule has 1 aromatic rings. The average molecular weight is 233 g/mol. The van der Waals surface area contributed by atoms with Crippen LogP contribution in [0.3, 0.4) is 0 Å². The quantitative estimate of drug-likeness (QED) is 0.862. The van der Waals surface area contributed by atoms with Gasteiger partial charge in [0.2, 0.25) is 5.95 Å². The van der Waals surface area contributed by atoms with Crippen LogP contribution in [0.2, 0.25) is 0 Å². The van der Waals surface area contributed by atoms with Crippen LogP contribution in [0.25, 0.3) is 0 Å². The molecule has 0 radical (unpaired) electrons. The lowest BCUT2D eigenvalue weighted by atomic mass is 9.89. The van der Waals surface area contributed by atoms with Gasteiger partial charge >= 0.3 is 0 Å². The fraction of sp³-hybridized carbons (Fsp3) is 0.786. The molecule has 0 bridgehead atoms. The van der Waals surface area contributed by atoms with Gasteiger partial charge in [-0.1, -0.05) is 19.3 Å². The summed E-state index contributed by atoms with van der Waals surface area (Å²) in [6, 6.07) is 0.727. The second kappa shape index (κ2) is 4.71. The van der Waals surface area contributed by atoms with Crippen LogP contribution in [-0.2, 0) is 0 Å². The Bertz CT molecular complexity index is 373. The van der Waals surface area contributed by atoms with E-state index in [1.807, 2.05) is 0 Å². The van der Waals surface area contributed by atoms with Crippen molar-refractivity contribution in [3.8, 4) is 0 Å². The fourth-order valence-corrected chi connectivity index (χ4v) is 2.90. The van der Waals surface area contributed by atoms with E-state index in [4.69, 9.17) is 0 Å². The van der Waals surface area contributed by atoms with Gasteiger partial charge < -0.3 is 9.88 Å². The lowest BCUT2D eigenvalue weighted by molar-refractivity contribution is 0.372. The molecule has 0 aliphatic heterocycles. The smallest absolute Gasteiger partial charge is 0.203 e. The minimum atomic E-state index is 0.727. The van der Waals surface area contributed by atoms with Crippen LogP contribution in [0.4, 0.5) is 5.95 Å². The van der Waals surface area contributed by atoms with Crippen molar-refractivity contribution in [3.63, 3.8) is 0 Å². The van der Waals surface area contributed by atoms with Crippen molar-refractivity contribution in [1.82, 2.24) is 9.55 Å². The second-order valence-electron chi connectivity index (χ2n) is 5.73. The molecule has 0 aromatic carbocycles. The predicted molar refractivity (Wildman–Crippen MR) is 70.3 cm³/mol. The Balaban J connectivity index is 1.59. The van der Waals surface area contributed by atoms with E-state index in [9.17, 15) is 0 Å². The van der Waals surface area contributed by atoms with E-state index in [1.165, 1.54) is 44.9 Å². The molecule has 0 atom stereocenters. The van der Waals surface area contributed by atoms with E-state index >= 15 is 0 Å². The van der Waals surface area contributed by atoms with E-state index < -0.39 is 0 Å². The van der Waals surface area contributed by atoms with Crippen LogP contribution in [0.1, 0.15) is 56.7 Å². The summed E-state index contributed by atoms with van der Waals surface area (Å²) in [7, 11) is 0.